The van der Waals surface area contributed by atoms with E-state index in [1.54, 1.807) is 0 Å². The molecule has 1 atom stereocenters. The van der Waals surface area contributed by atoms with Gasteiger partial charge in [-0.25, -0.2) is 0 Å². The van der Waals surface area contributed by atoms with Gasteiger partial charge in [0.15, 0.2) is 0 Å². The maximum absolute atomic E-state index is 3.31. The van der Waals surface area contributed by atoms with Crippen LogP contribution in [0.25, 0.3) is 10.9 Å². The molecule has 2 nitrogen and oxygen atoms in total. The summed E-state index contributed by atoms with van der Waals surface area (Å²) in [6.07, 6.45) is 4.59. The summed E-state index contributed by atoms with van der Waals surface area (Å²) in [6, 6.07) is 9.24. The van der Waals surface area contributed by atoms with Gasteiger partial charge in [-0.3, -0.25) is 0 Å². The SMILES string of the molecule is CCCn1cc(CC(C)NC)c2ccccc21. The van der Waals surface area contributed by atoms with Crippen molar-refractivity contribution in [3.05, 3.63) is 36.0 Å². The largest absolute Gasteiger partial charge is 0.347 e. The van der Waals surface area contributed by atoms with E-state index in [1.807, 2.05) is 7.05 Å². The second-order valence-corrected chi connectivity index (χ2v) is 4.76. The summed E-state index contributed by atoms with van der Waals surface area (Å²) in [7, 11) is 2.02. The summed E-state index contributed by atoms with van der Waals surface area (Å²) in [6.45, 7) is 5.56. The third kappa shape index (κ3) is 2.52. The van der Waals surface area contributed by atoms with Crippen molar-refractivity contribution in [3.8, 4) is 0 Å². The number of para-hydroxylation sites is 1. The summed E-state index contributed by atoms with van der Waals surface area (Å²) in [5.41, 5.74) is 2.82. The van der Waals surface area contributed by atoms with Crippen LogP contribution in [0.2, 0.25) is 0 Å². The number of rotatable bonds is 5. The summed E-state index contributed by atoms with van der Waals surface area (Å²) < 4.78 is 2.38. The van der Waals surface area contributed by atoms with Crippen molar-refractivity contribution in [2.24, 2.45) is 0 Å². The van der Waals surface area contributed by atoms with Gasteiger partial charge in [-0.1, -0.05) is 25.1 Å². The van der Waals surface area contributed by atoms with Crippen LogP contribution in [-0.4, -0.2) is 17.7 Å². The monoisotopic (exact) mass is 230 g/mol. The molecule has 1 N–H and O–H groups in total. The van der Waals surface area contributed by atoms with Crippen molar-refractivity contribution in [2.75, 3.05) is 7.05 Å². The number of likely N-dealkylation sites (N-methyl/N-ethyl adjacent to an activating group) is 1. The van der Waals surface area contributed by atoms with Crippen LogP contribution in [0.3, 0.4) is 0 Å². The average molecular weight is 230 g/mol. The fraction of sp³-hybridized carbons (Fsp3) is 0.467. The van der Waals surface area contributed by atoms with Gasteiger partial charge in [0.2, 0.25) is 0 Å². The van der Waals surface area contributed by atoms with E-state index >= 15 is 0 Å². The molecule has 1 aromatic carbocycles. The first-order valence-electron chi connectivity index (χ1n) is 6.50. The van der Waals surface area contributed by atoms with E-state index in [1.165, 1.54) is 22.9 Å². The molecule has 0 radical (unpaired) electrons. The van der Waals surface area contributed by atoms with E-state index in [2.05, 4.69) is 54.2 Å². The standard InChI is InChI=1S/C15H22N2/c1-4-9-17-11-13(10-12(2)16-3)14-7-5-6-8-15(14)17/h5-8,11-12,16H,4,9-10H2,1-3H3. The highest BCUT2D eigenvalue weighted by atomic mass is 15.0. The minimum absolute atomic E-state index is 0.524. The molecule has 2 rings (SSSR count). The van der Waals surface area contributed by atoms with Crippen molar-refractivity contribution in [3.63, 3.8) is 0 Å². The lowest BCUT2D eigenvalue weighted by molar-refractivity contribution is 0.607. The number of hydrogen-bond acceptors (Lipinski definition) is 1. The molecule has 0 aliphatic heterocycles. The molecule has 17 heavy (non-hydrogen) atoms. The maximum Gasteiger partial charge on any atom is 0.0483 e. The first-order chi connectivity index (χ1) is 8.26. The van der Waals surface area contributed by atoms with Gasteiger partial charge < -0.3 is 9.88 Å². The Morgan fingerprint density at radius 1 is 1.29 bits per heavy atom. The van der Waals surface area contributed by atoms with Gasteiger partial charge in [-0.15, -0.1) is 0 Å². The van der Waals surface area contributed by atoms with Gasteiger partial charge in [0.05, 0.1) is 0 Å². The summed E-state index contributed by atoms with van der Waals surface area (Å²) in [5.74, 6) is 0. The minimum Gasteiger partial charge on any atom is -0.347 e. The van der Waals surface area contributed by atoms with Crippen LogP contribution in [0.15, 0.2) is 30.5 Å². The highest BCUT2D eigenvalue weighted by Crippen LogP contribution is 2.22. The number of benzene rings is 1. The normalized spacial score (nSPS) is 13.1. The molecule has 1 unspecified atom stereocenters. The second-order valence-electron chi connectivity index (χ2n) is 4.76. The smallest absolute Gasteiger partial charge is 0.0483 e. The molecule has 0 aliphatic carbocycles. The molecule has 0 saturated carbocycles. The van der Waals surface area contributed by atoms with Crippen molar-refractivity contribution in [2.45, 2.75) is 39.3 Å². The van der Waals surface area contributed by atoms with E-state index in [4.69, 9.17) is 0 Å². The molecule has 1 heterocycles. The molecular formula is C15H22N2. The van der Waals surface area contributed by atoms with Crippen molar-refractivity contribution in [1.82, 2.24) is 9.88 Å². The van der Waals surface area contributed by atoms with Gasteiger partial charge >= 0.3 is 0 Å². The van der Waals surface area contributed by atoms with Crippen LogP contribution in [0, 0.1) is 0 Å². The molecule has 0 bridgehead atoms. The fourth-order valence-corrected chi connectivity index (χ4v) is 2.34. The van der Waals surface area contributed by atoms with Crippen molar-refractivity contribution < 1.29 is 0 Å². The lowest BCUT2D eigenvalue weighted by Gasteiger charge is -2.08. The van der Waals surface area contributed by atoms with Crippen LogP contribution < -0.4 is 5.32 Å². The van der Waals surface area contributed by atoms with Crippen LogP contribution in [0.5, 0.6) is 0 Å². The van der Waals surface area contributed by atoms with E-state index in [0.717, 1.165) is 13.0 Å². The highest BCUT2D eigenvalue weighted by molar-refractivity contribution is 5.84. The molecule has 2 aromatic rings. The Bertz CT molecular complexity index is 485. The molecule has 92 valence electrons. The zero-order valence-electron chi connectivity index (χ0n) is 11.0. The fourth-order valence-electron chi connectivity index (χ4n) is 2.34. The quantitative estimate of drug-likeness (QED) is 0.834. The van der Waals surface area contributed by atoms with E-state index in [-0.39, 0.29) is 0 Å². The van der Waals surface area contributed by atoms with Gasteiger partial charge in [0.1, 0.15) is 0 Å². The number of nitrogens with one attached hydrogen (secondary N) is 1. The van der Waals surface area contributed by atoms with Gasteiger partial charge in [0.25, 0.3) is 0 Å². The second kappa shape index (κ2) is 5.37. The average Bonchev–Trinajstić information content (AvgIpc) is 2.69. The number of fused-ring (bicyclic) bond motifs is 1. The molecule has 0 fully saturated rings. The summed E-state index contributed by atoms with van der Waals surface area (Å²) in [5, 5.41) is 4.72. The van der Waals surface area contributed by atoms with E-state index < -0.39 is 0 Å². The van der Waals surface area contributed by atoms with E-state index in [0.29, 0.717) is 6.04 Å². The Morgan fingerprint density at radius 2 is 2.06 bits per heavy atom. The summed E-state index contributed by atoms with van der Waals surface area (Å²) in [4.78, 5) is 0. The van der Waals surface area contributed by atoms with Crippen molar-refractivity contribution >= 4 is 10.9 Å². The summed E-state index contributed by atoms with van der Waals surface area (Å²) >= 11 is 0. The topological polar surface area (TPSA) is 17.0 Å². The molecule has 0 saturated heterocycles. The van der Waals surface area contributed by atoms with Gasteiger partial charge in [0, 0.05) is 29.7 Å². The molecule has 0 amide bonds. The Kier molecular flexibility index (Phi) is 3.85. The maximum atomic E-state index is 3.31. The van der Waals surface area contributed by atoms with Crippen LogP contribution in [0.1, 0.15) is 25.8 Å². The zero-order chi connectivity index (χ0) is 12.3. The lowest BCUT2D eigenvalue weighted by atomic mass is 10.1. The van der Waals surface area contributed by atoms with Crippen LogP contribution in [-0.2, 0) is 13.0 Å². The third-order valence-electron chi connectivity index (χ3n) is 3.35. The first kappa shape index (κ1) is 12.2. The Balaban J connectivity index is 2.41. The number of aryl methyl sites for hydroxylation is 1. The highest BCUT2D eigenvalue weighted by Gasteiger charge is 2.09. The molecule has 2 heteroatoms. The molecule has 1 aromatic heterocycles. The predicted octanol–water partition coefficient (Wildman–Crippen LogP) is 3.20. The Labute approximate surface area is 104 Å². The predicted molar refractivity (Wildman–Crippen MR) is 74.5 cm³/mol. The van der Waals surface area contributed by atoms with Gasteiger partial charge in [-0.05, 0) is 38.4 Å². The zero-order valence-corrected chi connectivity index (χ0v) is 11.0. The molecule has 0 spiro atoms. The Hall–Kier alpha value is -1.28. The van der Waals surface area contributed by atoms with Crippen LogP contribution in [0.4, 0.5) is 0 Å². The molecular weight excluding hydrogens is 208 g/mol. The first-order valence-corrected chi connectivity index (χ1v) is 6.50. The van der Waals surface area contributed by atoms with Gasteiger partial charge in [-0.2, -0.15) is 0 Å². The number of aromatic nitrogens is 1. The number of hydrogen-bond donors (Lipinski definition) is 1. The van der Waals surface area contributed by atoms with E-state index in [9.17, 15) is 0 Å². The third-order valence-corrected chi connectivity index (χ3v) is 3.35. The Morgan fingerprint density at radius 3 is 2.76 bits per heavy atom. The van der Waals surface area contributed by atoms with Crippen molar-refractivity contribution in [1.29, 1.82) is 0 Å². The lowest BCUT2D eigenvalue weighted by Crippen LogP contribution is -2.23. The van der Waals surface area contributed by atoms with Crippen LogP contribution >= 0.6 is 0 Å². The molecule has 0 aliphatic rings. The minimum atomic E-state index is 0.524. The number of nitrogens with zero attached hydrogens (tertiary/aromatic N) is 1.